The molecule has 1 aliphatic heterocycles. The van der Waals surface area contributed by atoms with Gasteiger partial charge in [-0.15, -0.1) is 6.58 Å². The van der Waals surface area contributed by atoms with Gasteiger partial charge in [-0.2, -0.15) is 0 Å². The van der Waals surface area contributed by atoms with Crippen LogP contribution in [-0.4, -0.2) is 32.1 Å². The SMILES string of the molecule is C=CCNC(N)=NCC1CCN(c2cccc(Br)c2)C1. The normalized spacial score (nSPS) is 19.1. The highest BCUT2D eigenvalue weighted by atomic mass is 79.9. The second-order valence-electron chi connectivity index (χ2n) is 4.98. The van der Waals surface area contributed by atoms with Crippen LogP contribution in [0.3, 0.4) is 0 Å². The Morgan fingerprint density at radius 2 is 2.45 bits per heavy atom. The number of benzene rings is 1. The van der Waals surface area contributed by atoms with Crippen LogP contribution in [-0.2, 0) is 0 Å². The van der Waals surface area contributed by atoms with Crippen molar-refractivity contribution in [3.05, 3.63) is 41.4 Å². The first-order chi connectivity index (χ1) is 9.69. The van der Waals surface area contributed by atoms with Crippen molar-refractivity contribution in [1.29, 1.82) is 0 Å². The number of rotatable bonds is 5. The lowest BCUT2D eigenvalue weighted by atomic mass is 10.1. The Bertz CT molecular complexity index is 487. The molecule has 0 aromatic heterocycles. The van der Waals surface area contributed by atoms with Crippen LogP contribution in [0.1, 0.15) is 6.42 Å². The summed E-state index contributed by atoms with van der Waals surface area (Å²) in [5, 5.41) is 3.00. The van der Waals surface area contributed by atoms with Gasteiger partial charge in [0.1, 0.15) is 0 Å². The molecular weight excluding hydrogens is 316 g/mol. The topological polar surface area (TPSA) is 53.6 Å². The minimum absolute atomic E-state index is 0.505. The predicted molar refractivity (Wildman–Crippen MR) is 89.2 cm³/mol. The van der Waals surface area contributed by atoms with E-state index in [1.807, 2.05) is 6.07 Å². The van der Waals surface area contributed by atoms with E-state index < -0.39 is 0 Å². The van der Waals surface area contributed by atoms with Gasteiger partial charge in [-0.25, -0.2) is 0 Å². The summed E-state index contributed by atoms with van der Waals surface area (Å²) < 4.78 is 1.12. The fourth-order valence-corrected chi connectivity index (χ4v) is 2.74. The molecule has 1 fully saturated rings. The Balaban J connectivity index is 1.85. The smallest absolute Gasteiger partial charge is 0.188 e. The van der Waals surface area contributed by atoms with Gasteiger partial charge in [0.15, 0.2) is 5.96 Å². The van der Waals surface area contributed by atoms with E-state index >= 15 is 0 Å². The van der Waals surface area contributed by atoms with Crippen LogP contribution < -0.4 is 16.0 Å². The summed E-state index contributed by atoms with van der Waals surface area (Å²) in [5.41, 5.74) is 7.04. The summed E-state index contributed by atoms with van der Waals surface area (Å²) >= 11 is 3.52. The van der Waals surface area contributed by atoms with Gasteiger partial charge in [-0.3, -0.25) is 4.99 Å². The molecule has 0 radical (unpaired) electrons. The molecule has 1 aliphatic rings. The van der Waals surface area contributed by atoms with Crippen molar-refractivity contribution in [1.82, 2.24) is 5.32 Å². The Labute approximate surface area is 128 Å². The summed E-state index contributed by atoms with van der Waals surface area (Å²) in [5.74, 6) is 1.07. The molecule has 1 saturated heterocycles. The zero-order chi connectivity index (χ0) is 14.4. The minimum atomic E-state index is 0.505. The van der Waals surface area contributed by atoms with Crippen molar-refractivity contribution in [2.45, 2.75) is 6.42 Å². The van der Waals surface area contributed by atoms with Gasteiger partial charge in [0, 0.05) is 36.3 Å². The van der Waals surface area contributed by atoms with Crippen molar-refractivity contribution in [2.24, 2.45) is 16.6 Å². The quantitative estimate of drug-likeness (QED) is 0.493. The fourth-order valence-electron chi connectivity index (χ4n) is 2.35. The second-order valence-corrected chi connectivity index (χ2v) is 5.89. The average molecular weight is 337 g/mol. The van der Waals surface area contributed by atoms with Crippen LogP contribution in [0, 0.1) is 5.92 Å². The Hall–Kier alpha value is -1.49. The molecule has 0 bridgehead atoms. The highest BCUT2D eigenvalue weighted by molar-refractivity contribution is 9.10. The van der Waals surface area contributed by atoms with E-state index in [0.717, 1.165) is 30.5 Å². The molecule has 3 N–H and O–H groups in total. The van der Waals surface area contributed by atoms with E-state index in [1.165, 1.54) is 5.69 Å². The molecule has 1 aromatic rings. The molecule has 0 aliphatic carbocycles. The van der Waals surface area contributed by atoms with E-state index in [9.17, 15) is 0 Å². The number of guanidine groups is 1. The van der Waals surface area contributed by atoms with Gasteiger partial charge in [0.2, 0.25) is 0 Å². The van der Waals surface area contributed by atoms with Crippen molar-refractivity contribution in [3.8, 4) is 0 Å². The largest absolute Gasteiger partial charge is 0.371 e. The van der Waals surface area contributed by atoms with Crippen LogP contribution in [0.15, 0.2) is 46.4 Å². The third-order valence-electron chi connectivity index (χ3n) is 3.41. The van der Waals surface area contributed by atoms with E-state index in [1.54, 1.807) is 6.08 Å². The number of hydrogen-bond acceptors (Lipinski definition) is 2. The number of hydrogen-bond donors (Lipinski definition) is 2. The second kappa shape index (κ2) is 7.33. The van der Waals surface area contributed by atoms with Gasteiger partial charge in [-0.05, 0) is 30.5 Å². The molecule has 5 heteroatoms. The maximum absolute atomic E-state index is 5.77. The van der Waals surface area contributed by atoms with Crippen LogP contribution in [0.2, 0.25) is 0 Å². The van der Waals surface area contributed by atoms with Crippen LogP contribution in [0.4, 0.5) is 5.69 Å². The summed E-state index contributed by atoms with van der Waals surface area (Å²) in [6.07, 6.45) is 2.93. The number of anilines is 1. The highest BCUT2D eigenvalue weighted by Gasteiger charge is 2.22. The highest BCUT2D eigenvalue weighted by Crippen LogP contribution is 2.26. The standard InChI is InChI=1S/C15H21BrN4/c1-2-7-18-15(17)19-10-12-6-8-20(11-12)14-5-3-4-13(16)9-14/h2-5,9,12H,1,6-8,10-11H2,(H3,17,18,19). The zero-order valence-corrected chi connectivity index (χ0v) is 13.1. The molecule has 1 atom stereocenters. The predicted octanol–water partition coefficient (Wildman–Crippen LogP) is 2.37. The Morgan fingerprint density at radius 3 is 3.20 bits per heavy atom. The monoisotopic (exact) mass is 336 g/mol. The van der Waals surface area contributed by atoms with E-state index in [2.05, 4.69) is 55.9 Å². The van der Waals surface area contributed by atoms with Crippen LogP contribution >= 0.6 is 15.9 Å². The lowest BCUT2D eigenvalue weighted by Crippen LogP contribution is -2.32. The third kappa shape index (κ3) is 4.27. The van der Waals surface area contributed by atoms with E-state index in [-0.39, 0.29) is 0 Å². The molecule has 20 heavy (non-hydrogen) atoms. The van der Waals surface area contributed by atoms with E-state index in [0.29, 0.717) is 18.4 Å². The molecule has 108 valence electrons. The molecule has 1 heterocycles. The van der Waals surface area contributed by atoms with Gasteiger partial charge >= 0.3 is 0 Å². The molecule has 1 unspecified atom stereocenters. The number of nitrogens with one attached hydrogen (secondary N) is 1. The third-order valence-corrected chi connectivity index (χ3v) is 3.90. The molecule has 0 spiro atoms. The van der Waals surface area contributed by atoms with Gasteiger partial charge in [0.05, 0.1) is 0 Å². The molecule has 1 aromatic carbocycles. The maximum Gasteiger partial charge on any atom is 0.188 e. The zero-order valence-electron chi connectivity index (χ0n) is 11.6. The van der Waals surface area contributed by atoms with Crippen LogP contribution in [0.25, 0.3) is 0 Å². The lowest BCUT2D eigenvalue weighted by molar-refractivity contribution is 0.602. The van der Waals surface area contributed by atoms with Gasteiger partial charge < -0.3 is 16.0 Å². The Kier molecular flexibility index (Phi) is 5.47. The number of nitrogens with two attached hydrogens (primary N) is 1. The van der Waals surface area contributed by atoms with Gasteiger partial charge in [-0.1, -0.05) is 28.1 Å². The maximum atomic E-state index is 5.77. The average Bonchev–Trinajstić information content (AvgIpc) is 2.92. The summed E-state index contributed by atoms with van der Waals surface area (Å²) in [4.78, 5) is 6.79. The van der Waals surface area contributed by atoms with Crippen molar-refractivity contribution in [2.75, 3.05) is 31.1 Å². The van der Waals surface area contributed by atoms with Crippen molar-refractivity contribution in [3.63, 3.8) is 0 Å². The summed E-state index contributed by atoms with van der Waals surface area (Å²) in [6.45, 7) is 7.19. The van der Waals surface area contributed by atoms with Crippen molar-refractivity contribution >= 4 is 27.6 Å². The molecule has 4 nitrogen and oxygen atoms in total. The Morgan fingerprint density at radius 1 is 1.60 bits per heavy atom. The minimum Gasteiger partial charge on any atom is -0.371 e. The first kappa shape index (κ1) is 14.9. The number of halogens is 1. The van der Waals surface area contributed by atoms with Gasteiger partial charge in [0.25, 0.3) is 0 Å². The summed E-state index contributed by atoms with van der Waals surface area (Å²) in [7, 11) is 0. The van der Waals surface area contributed by atoms with E-state index in [4.69, 9.17) is 5.73 Å². The lowest BCUT2D eigenvalue weighted by Gasteiger charge is -2.18. The molecule has 2 rings (SSSR count). The molecule has 0 saturated carbocycles. The molecular formula is C15H21BrN4. The van der Waals surface area contributed by atoms with Crippen molar-refractivity contribution < 1.29 is 0 Å². The molecule has 0 amide bonds. The first-order valence-corrected chi connectivity index (χ1v) is 7.63. The number of aliphatic imine (C=N–C) groups is 1. The summed E-state index contributed by atoms with van der Waals surface area (Å²) in [6, 6.07) is 8.43. The van der Waals surface area contributed by atoms with Crippen LogP contribution in [0.5, 0.6) is 0 Å². The fraction of sp³-hybridized carbons (Fsp3) is 0.400. The first-order valence-electron chi connectivity index (χ1n) is 6.84. The number of nitrogens with zero attached hydrogens (tertiary/aromatic N) is 2.